The third kappa shape index (κ3) is 1.80. The molecule has 2 heterocycles. The summed E-state index contributed by atoms with van der Waals surface area (Å²) in [5.74, 6) is 0.941. The molecule has 1 unspecified atom stereocenters. The van der Waals surface area contributed by atoms with E-state index in [0.717, 1.165) is 18.7 Å². The number of hydrogen-bond acceptors (Lipinski definition) is 3. The van der Waals surface area contributed by atoms with Crippen molar-refractivity contribution in [1.82, 2.24) is 4.90 Å². The van der Waals surface area contributed by atoms with Crippen LogP contribution in [0.15, 0.2) is 22.8 Å². The lowest BCUT2D eigenvalue weighted by Crippen LogP contribution is -2.32. The lowest BCUT2D eigenvalue weighted by Gasteiger charge is -2.18. The molecule has 0 spiro atoms. The normalized spacial score (nSPS) is 18.9. The van der Waals surface area contributed by atoms with Crippen LogP contribution in [0.4, 0.5) is 0 Å². The van der Waals surface area contributed by atoms with Crippen molar-refractivity contribution < 1.29 is 9.21 Å². The third-order valence-electron chi connectivity index (χ3n) is 2.50. The molecular weight excluding hydrogens is 180 g/mol. The van der Waals surface area contributed by atoms with E-state index in [0.29, 0.717) is 13.0 Å². The molecule has 4 nitrogen and oxygen atoms in total. The number of rotatable bonds is 3. The minimum atomic E-state index is -0.202. The second-order valence-corrected chi connectivity index (χ2v) is 3.57. The highest BCUT2D eigenvalue weighted by Gasteiger charge is 2.23. The van der Waals surface area contributed by atoms with Gasteiger partial charge >= 0.3 is 0 Å². The Morgan fingerprint density at radius 1 is 1.64 bits per heavy atom. The summed E-state index contributed by atoms with van der Waals surface area (Å²) >= 11 is 0. The Morgan fingerprint density at radius 2 is 2.50 bits per heavy atom. The summed E-state index contributed by atoms with van der Waals surface area (Å²) in [6, 6.07) is 3.44. The van der Waals surface area contributed by atoms with Crippen LogP contribution in [0, 0.1) is 0 Å². The first-order chi connectivity index (χ1) is 6.77. The molecule has 2 N–H and O–H groups in total. The van der Waals surface area contributed by atoms with Gasteiger partial charge in [-0.15, -0.1) is 0 Å². The summed E-state index contributed by atoms with van der Waals surface area (Å²) in [6.45, 7) is 1.39. The lowest BCUT2D eigenvalue weighted by atomic mass is 10.2. The van der Waals surface area contributed by atoms with Gasteiger partial charge in [-0.3, -0.25) is 4.79 Å². The predicted octanol–water partition coefficient (Wildman–Crippen LogP) is 0.902. The summed E-state index contributed by atoms with van der Waals surface area (Å²) in [6.07, 6.45) is 3.20. The second-order valence-electron chi connectivity index (χ2n) is 3.57. The average Bonchev–Trinajstić information content (AvgIpc) is 2.77. The summed E-state index contributed by atoms with van der Waals surface area (Å²) in [7, 11) is 0. The fourth-order valence-corrected chi connectivity index (χ4v) is 1.73. The number of hydrogen-bond donors (Lipinski definition) is 1. The first kappa shape index (κ1) is 9.27. The Balaban J connectivity index is 1.94. The van der Waals surface area contributed by atoms with Crippen LogP contribution in [-0.4, -0.2) is 23.9 Å². The maximum absolute atomic E-state index is 11.3. The fraction of sp³-hybridized carbons (Fsp3) is 0.500. The molecule has 1 saturated heterocycles. The quantitative estimate of drug-likeness (QED) is 0.777. The van der Waals surface area contributed by atoms with Gasteiger partial charge in [0.25, 0.3) is 0 Å². The van der Waals surface area contributed by atoms with E-state index in [9.17, 15) is 4.79 Å². The van der Waals surface area contributed by atoms with Gasteiger partial charge in [-0.2, -0.15) is 0 Å². The highest BCUT2D eigenvalue weighted by molar-refractivity contribution is 5.78. The smallest absolute Gasteiger partial charge is 0.222 e. The average molecular weight is 194 g/mol. The number of furan rings is 1. The van der Waals surface area contributed by atoms with Gasteiger partial charge < -0.3 is 15.1 Å². The van der Waals surface area contributed by atoms with Crippen molar-refractivity contribution in [3.63, 3.8) is 0 Å². The zero-order chi connectivity index (χ0) is 9.97. The number of likely N-dealkylation sites (tertiary alicyclic amines) is 1. The molecular formula is C10H14N2O2. The SMILES string of the molecule is NC(CN1CCCC1=O)c1ccco1. The predicted molar refractivity (Wildman–Crippen MR) is 51.5 cm³/mol. The lowest BCUT2D eigenvalue weighted by molar-refractivity contribution is -0.127. The van der Waals surface area contributed by atoms with E-state index in [1.165, 1.54) is 0 Å². The Morgan fingerprint density at radius 3 is 3.07 bits per heavy atom. The molecule has 1 aromatic heterocycles. The molecule has 0 bridgehead atoms. The van der Waals surface area contributed by atoms with Gasteiger partial charge in [0.15, 0.2) is 0 Å². The Bertz CT molecular complexity index is 308. The Kier molecular flexibility index (Phi) is 2.54. The molecule has 1 aromatic rings. The molecule has 0 radical (unpaired) electrons. The number of carbonyl (C=O) groups excluding carboxylic acids is 1. The molecule has 1 aliphatic heterocycles. The highest BCUT2D eigenvalue weighted by atomic mass is 16.3. The van der Waals surface area contributed by atoms with Crippen LogP contribution in [0.25, 0.3) is 0 Å². The molecule has 0 saturated carbocycles. The summed E-state index contributed by atoms with van der Waals surface area (Å²) in [5, 5.41) is 0. The van der Waals surface area contributed by atoms with E-state index in [4.69, 9.17) is 10.2 Å². The molecule has 0 aromatic carbocycles. The zero-order valence-electron chi connectivity index (χ0n) is 7.98. The van der Waals surface area contributed by atoms with Crippen LogP contribution in [0.2, 0.25) is 0 Å². The van der Waals surface area contributed by atoms with Crippen molar-refractivity contribution in [3.05, 3.63) is 24.2 Å². The van der Waals surface area contributed by atoms with Crippen molar-refractivity contribution in [2.45, 2.75) is 18.9 Å². The Labute approximate surface area is 82.7 Å². The highest BCUT2D eigenvalue weighted by Crippen LogP contribution is 2.16. The first-order valence-corrected chi connectivity index (χ1v) is 4.84. The molecule has 1 atom stereocenters. The van der Waals surface area contributed by atoms with Gasteiger partial charge in [0.1, 0.15) is 5.76 Å². The molecule has 2 rings (SSSR count). The van der Waals surface area contributed by atoms with Crippen LogP contribution in [-0.2, 0) is 4.79 Å². The van der Waals surface area contributed by atoms with Gasteiger partial charge in [-0.05, 0) is 18.6 Å². The van der Waals surface area contributed by atoms with Gasteiger partial charge in [-0.25, -0.2) is 0 Å². The molecule has 1 aliphatic rings. The van der Waals surface area contributed by atoms with Gasteiger partial charge in [0.05, 0.1) is 12.3 Å². The molecule has 1 amide bonds. The van der Waals surface area contributed by atoms with E-state index in [-0.39, 0.29) is 11.9 Å². The Hall–Kier alpha value is -1.29. The number of nitrogens with zero attached hydrogens (tertiary/aromatic N) is 1. The van der Waals surface area contributed by atoms with Gasteiger partial charge in [0, 0.05) is 19.5 Å². The van der Waals surface area contributed by atoms with Crippen molar-refractivity contribution in [2.24, 2.45) is 5.73 Å². The van der Waals surface area contributed by atoms with Crippen LogP contribution < -0.4 is 5.73 Å². The zero-order valence-corrected chi connectivity index (χ0v) is 7.98. The maximum Gasteiger partial charge on any atom is 0.222 e. The summed E-state index contributed by atoms with van der Waals surface area (Å²) in [5.41, 5.74) is 5.89. The van der Waals surface area contributed by atoms with E-state index < -0.39 is 0 Å². The van der Waals surface area contributed by atoms with E-state index >= 15 is 0 Å². The molecule has 0 aliphatic carbocycles. The molecule has 76 valence electrons. The van der Waals surface area contributed by atoms with Crippen molar-refractivity contribution in [2.75, 3.05) is 13.1 Å². The molecule has 14 heavy (non-hydrogen) atoms. The van der Waals surface area contributed by atoms with Crippen molar-refractivity contribution in [1.29, 1.82) is 0 Å². The monoisotopic (exact) mass is 194 g/mol. The molecule has 1 fully saturated rings. The van der Waals surface area contributed by atoms with E-state index in [2.05, 4.69) is 0 Å². The van der Waals surface area contributed by atoms with Crippen LogP contribution in [0.5, 0.6) is 0 Å². The largest absolute Gasteiger partial charge is 0.468 e. The number of nitrogens with two attached hydrogens (primary N) is 1. The van der Waals surface area contributed by atoms with Crippen molar-refractivity contribution in [3.8, 4) is 0 Å². The topological polar surface area (TPSA) is 59.5 Å². The van der Waals surface area contributed by atoms with Crippen LogP contribution in [0.3, 0.4) is 0 Å². The minimum absolute atomic E-state index is 0.201. The fourth-order valence-electron chi connectivity index (χ4n) is 1.73. The number of carbonyl (C=O) groups is 1. The van der Waals surface area contributed by atoms with Crippen molar-refractivity contribution >= 4 is 5.91 Å². The van der Waals surface area contributed by atoms with Gasteiger partial charge in [-0.1, -0.05) is 0 Å². The minimum Gasteiger partial charge on any atom is -0.468 e. The number of amides is 1. The van der Waals surface area contributed by atoms with E-state index in [1.54, 1.807) is 17.2 Å². The molecule has 4 heteroatoms. The van der Waals surface area contributed by atoms with Crippen LogP contribution >= 0.6 is 0 Å². The van der Waals surface area contributed by atoms with E-state index in [1.807, 2.05) is 6.07 Å². The standard InChI is InChI=1S/C10H14N2O2/c11-8(9-3-2-6-14-9)7-12-5-1-4-10(12)13/h2-3,6,8H,1,4-5,7,11H2. The van der Waals surface area contributed by atoms with Gasteiger partial charge in [0.2, 0.25) is 5.91 Å². The second kappa shape index (κ2) is 3.84. The first-order valence-electron chi connectivity index (χ1n) is 4.84. The maximum atomic E-state index is 11.3. The third-order valence-corrected chi connectivity index (χ3v) is 2.50. The summed E-state index contributed by atoms with van der Waals surface area (Å²) < 4.78 is 5.18. The summed E-state index contributed by atoms with van der Waals surface area (Å²) in [4.78, 5) is 13.1. The van der Waals surface area contributed by atoms with Crippen LogP contribution in [0.1, 0.15) is 24.6 Å².